The number of halogens is 3. The number of rotatable bonds is 15. The molecule has 2 N–H and O–H groups in total. The number of carbonyl (C=O) groups is 2. The number of ether oxygens (including phenoxy) is 2. The number of amides is 2. The molecule has 0 heterocycles. The number of urea groups is 1. The smallest absolute Gasteiger partial charge is 0.389 e. The molecule has 0 aliphatic heterocycles. The second-order valence-corrected chi connectivity index (χ2v) is 9.66. The zero-order valence-electron chi connectivity index (χ0n) is 22.3. The van der Waals surface area contributed by atoms with Crippen molar-refractivity contribution in [1.82, 2.24) is 4.90 Å². The van der Waals surface area contributed by atoms with Crippen molar-refractivity contribution >= 4 is 17.7 Å². The second kappa shape index (κ2) is 14.8. The van der Waals surface area contributed by atoms with Crippen LogP contribution in [0.1, 0.15) is 55.7 Å². The molecule has 39 heavy (non-hydrogen) atoms. The molecule has 2 aromatic rings. The van der Waals surface area contributed by atoms with E-state index in [0.717, 1.165) is 24.8 Å². The summed E-state index contributed by atoms with van der Waals surface area (Å²) in [6.07, 6.45) is -1.73. The van der Waals surface area contributed by atoms with Crippen LogP contribution < -0.4 is 10.1 Å². The molecule has 7 nitrogen and oxygen atoms in total. The van der Waals surface area contributed by atoms with Gasteiger partial charge in [0.25, 0.3) is 0 Å². The molecule has 1 aliphatic rings. The van der Waals surface area contributed by atoms with Crippen LogP contribution in [0.3, 0.4) is 0 Å². The standard InChI is InChI=1S/C29H37F3N2O5/c1-2-38-26(27(35)36)19-21-9-13-25(14-10-21)39-18-17-34(16-5-3-4-15-29(30,31)32)28(37)33-24-12-11-22-7-6-8-23(22)20-24/h9-14,20,26H,2-8,15-19H2,1H3,(H,33,37)(H,35,36). The van der Waals surface area contributed by atoms with Crippen molar-refractivity contribution in [1.29, 1.82) is 0 Å². The molecule has 1 unspecified atom stereocenters. The van der Waals surface area contributed by atoms with Gasteiger partial charge >= 0.3 is 18.2 Å². The highest BCUT2D eigenvalue weighted by Crippen LogP contribution is 2.25. The van der Waals surface area contributed by atoms with Gasteiger partial charge < -0.3 is 24.8 Å². The summed E-state index contributed by atoms with van der Waals surface area (Å²) in [5.41, 5.74) is 4.02. The molecule has 1 aliphatic carbocycles. The monoisotopic (exact) mass is 550 g/mol. The Morgan fingerprint density at radius 1 is 1.03 bits per heavy atom. The molecule has 2 aromatic carbocycles. The number of carboxylic acid groups (broad SMARTS) is 1. The number of anilines is 1. The van der Waals surface area contributed by atoms with E-state index in [1.165, 1.54) is 11.1 Å². The van der Waals surface area contributed by atoms with Gasteiger partial charge in [0.15, 0.2) is 6.10 Å². The number of carbonyl (C=O) groups excluding carboxylic acids is 1. The van der Waals surface area contributed by atoms with E-state index in [9.17, 15) is 27.9 Å². The molecule has 0 radical (unpaired) electrons. The Hall–Kier alpha value is -3.27. The zero-order valence-corrected chi connectivity index (χ0v) is 22.3. The Balaban J connectivity index is 1.54. The van der Waals surface area contributed by atoms with Crippen LogP contribution in [-0.2, 0) is 28.8 Å². The summed E-state index contributed by atoms with van der Waals surface area (Å²) in [7, 11) is 0. The number of alkyl halides is 3. The summed E-state index contributed by atoms with van der Waals surface area (Å²) < 4.78 is 48.5. The highest BCUT2D eigenvalue weighted by atomic mass is 19.4. The van der Waals surface area contributed by atoms with E-state index in [0.29, 0.717) is 37.4 Å². The maximum absolute atomic E-state index is 13.1. The van der Waals surface area contributed by atoms with Gasteiger partial charge in [-0.25, -0.2) is 9.59 Å². The molecule has 0 bridgehead atoms. The fourth-order valence-corrected chi connectivity index (χ4v) is 4.60. The van der Waals surface area contributed by atoms with E-state index in [-0.39, 0.29) is 32.0 Å². The quantitative estimate of drug-likeness (QED) is 0.256. The molecule has 1 atom stereocenters. The van der Waals surface area contributed by atoms with Crippen LogP contribution in [-0.4, -0.2) is 60.6 Å². The van der Waals surface area contributed by atoms with Crippen LogP contribution in [0.25, 0.3) is 0 Å². The van der Waals surface area contributed by atoms with Gasteiger partial charge in [0, 0.05) is 31.7 Å². The first-order valence-corrected chi connectivity index (χ1v) is 13.4. The lowest BCUT2D eigenvalue weighted by molar-refractivity contribution is -0.150. The predicted octanol–water partition coefficient (Wildman–Crippen LogP) is 6.24. The number of nitrogens with zero attached hydrogens (tertiary/aromatic N) is 1. The summed E-state index contributed by atoms with van der Waals surface area (Å²) in [5.74, 6) is -0.458. The lowest BCUT2D eigenvalue weighted by atomic mass is 10.1. The Morgan fingerprint density at radius 2 is 1.77 bits per heavy atom. The first kappa shape index (κ1) is 30.3. The van der Waals surface area contributed by atoms with Crippen molar-refractivity contribution in [3.05, 3.63) is 59.2 Å². The van der Waals surface area contributed by atoms with E-state index in [1.54, 1.807) is 36.1 Å². The number of carboxylic acids is 1. The average molecular weight is 551 g/mol. The van der Waals surface area contributed by atoms with Crippen molar-refractivity contribution in [3.8, 4) is 5.75 Å². The number of fused-ring (bicyclic) bond motifs is 1. The summed E-state index contributed by atoms with van der Waals surface area (Å²) in [5, 5.41) is 12.2. The van der Waals surface area contributed by atoms with Crippen LogP contribution in [0.15, 0.2) is 42.5 Å². The van der Waals surface area contributed by atoms with Gasteiger partial charge in [0.1, 0.15) is 12.4 Å². The molecule has 0 saturated carbocycles. The highest BCUT2D eigenvalue weighted by molar-refractivity contribution is 5.89. The fourth-order valence-electron chi connectivity index (χ4n) is 4.60. The number of hydrogen-bond acceptors (Lipinski definition) is 4. The van der Waals surface area contributed by atoms with E-state index >= 15 is 0 Å². The number of benzene rings is 2. The zero-order chi connectivity index (χ0) is 28.3. The molecule has 0 fully saturated rings. The summed E-state index contributed by atoms with van der Waals surface area (Å²) in [6, 6.07) is 12.6. The van der Waals surface area contributed by atoms with E-state index in [2.05, 4.69) is 5.32 Å². The van der Waals surface area contributed by atoms with Gasteiger partial charge in [-0.05, 0) is 80.0 Å². The number of unbranched alkanes of at least 4 members (excludes halogenated alkanes) is 2. The van der Waals surface area contributed by atoms with Gasteiger partial charge in [-0.1, -0.05) is 24.6 Å². The third-order valence-electron chi connectivity index (χ3n) is 6.64. The molecular weight excluding hydrogens is 513 g/mol. The second-order valence-electron chi connectivity index (χ2n) is 9.66. The number of nitrogens with one attached hydrogen (secondary N) is 1. The highest BCUT2D eigenvalue weighted by Gasteiger charge is 2.26. The molecule has 214 valence electrons. The SMILES string of the molecule is CCOC(Cc1ccc(OCCN(CCCCCC(F)(F)F)C(=O)Nc2ccc3c(c2)CCC3)cc1)C(=O)O. The third kappa shape index (κ3) is 10.4. The number of aryl methyl sites for hydroxylation is 2. The number of aliphatic carboxylic acids is 1. The molecule has 2 amide bonds. The summed E-state index contributed by atoms with van der Waals surface area (Å²) in [4.78, 5) is 25.9. The first-order valence-electron chi connectivity index (χ1n) is 13.4. The Labute approximate surface area is 227 Å². The van der Waals surface area contributed by atoms with Crippen molar-refractivity contribution in [3.63, 3.8) is 0 Å². The van der Waals surface area contributed by atoms with Crippen LogP contribution in [0.4, 0.5) is 23.7 Å². The molecule has 10 heteroatoms. The van der Waals surface area contributed by atoms with Crippen molar-refractivity contribution in [2.45, 2.75) is 70.6 Å². The largest absolute Gasteiger partial charge is 0.492 e. The van der Waals surface area contributed by atoms with Crippen molar-refractivity contribution < 1.29 is 37.3 Å². The van der Waals surface area contributed by atoms with Gasteiger partial charge in [-0.3, -0.25) is 0 Å². The fraction of sp³-hybridized carbons (Fsp3) is 0.517. The normalized spacial score (nSPS) is 13.5. The minimum Gasteiger partial charge on any atom is -0.492 e. The van der Waals surface area contributed by atoms with Crippen molar-refractivity contribution in [2.75, 3.05) is 31.6 Å². The molecule has 0 aromatic heterocycles. The van der Waals surface area contributed by atoms with E-state index < -0.39 is 24.7 Å². The predicted molar refractivity (Wildman–Crippen MR) is 142 cm³/mol. The Kier molecular flexibility index (Phi) is 11.5. The van der Waals surface area contributed by atoms with Crippen LogP contribution in [0, 0.1) is 0 Å². The van der Waals surface area contributed by atoms with Gasteiger partial charge in [-0.2, -0.15) is 13.2 Å². The van der Waals surface area contributed by atoms with Gasteiger partial charge in [0.05, 0.1) is 6.54 Å². The van der Waals surface area contributed by atoms with Gasteiger partial charge in [0.2, 0.25) is 0 Å². The molecule has 3 rings (SSSR count). The lowest BCUT2D eigenvalue weighted by Gasteiger charge is -2.23. The lowest BCUT2D eigenvalue weighted by Crippen LogP contribution is -2.38. The summed E-state index contributed by atoms with van der Waals surface area (Å²) >= 11 is 0. The maximum Gasteiger partial charge on any atom is 0.389 e. The molecule has 0 spiro atoms. The van der Waals surface area contributed by atoms with E-state index in [4.69, 9.17) is 9.47 Å². The minimum absolute atomic E-state index is 0.0264. The number of hydrogen-bond donors (Lipinski definition) is 2. The maximum atomic E-state index is 13.1. The minimum atomic E-state index is -4.18. The van der Waals surface area contributed by atoms with Crippen LogP contribution in [0.2, 0.25) is 0 Å². The van der Waals surface area contributed by atoms with E-state index in [1.807, 2.05) is 18.2 Å². The molecular formula is C29H37F3N2O5. The van der Waals surface area contributed by atoms with Gasteiger partial charge in [-0.15, -0.1) is 0 Å². The summed E-state index contributed by atoms with van der Waals surface area (Å²) in [6.45, 7) is 2.80. The Bertz CT molecular complexity index is 1080. The first-order chi connectivity index (χ1) is 18.6. The molecule has 0 saturated heterocycles. The van der Waals surface area contributed by atoms with Crippen LogP contribution in [0.5, 0.6) is 5.75 Å². The van der Waals surface area contributed by atoms with Crippen LogP contribution >= 0.6 is 0 Å². The van der Waals surface area contributed by atoms with Crippen molar-refractivity contribution in [2.24, 2.45) is 0 Å². The average Bonchev–Trinajstić information content (AvgIpc) is 3.35. The Morgan fingerprint density at radius 3 is 2.46 bits per heavy atom. The topological polar surface area (TPSA) is 88.1 Å². The third-order valence-corrected chi connectivity index (χ3v) is 6.64.